The number of aromatic amines is 1. The smallest absolute Gasteiger partial charge is 0.326 e. The van der Waals surface area contributed by atoms with E-state index in [9.17, 15) is 29.4 Å². The Bertz CT molecular complexity index is 734. The van der Waals surface area contributed by atoms with E-state index in [0.29, 0.717) is 5.69 Å². The highest BCUT2D eigenvalue weighted by atomic mass is 16.4. The van der Waals surface area contributed by atoms with Crippen LogP contribution >= 0.6 is 0 Å². The van der Waals surface area contributed by atoms with Crippen LogP contribution in [0.1, 0.15) is 33.4 Å². The third kappa shape index (κ3) is 7.44. The SMILES string of the molecule is CC(N)C(=O)NC(C(=O)NC(C(=O)NC(Cc1cnc[nH]1)C(=O)O)C(C)O)C(C)C. The van der Waals surface area contributed by atoms with Gasteiger partial charge in [-0.15, -0.1) is 0 Å². The van der Waals surface area contributed by atoms with E-state index in [0.717, 1.165) is 0 Å². The molecule has 12 heteroatoms. The van der Waals surface area contributed by atoms with Gasteiger partial charge in [0.05, 0.1) is 18.5 Å². The van der Waals surface area contributed by atoms with Crippen LogP contribution in [-0.2, 0) is 25.6 Å². The summed E-state index contributed by atoms with van der Waals surface area (Å²) in [4.78, 5) is 55.2. The number of hydrogen-bond donors (Lipinski definition) is 7. The Morgan fingerprint density at radius 1 is 1.03 bits per heavy atom. The lowest BCUT2D eigenvalue weighted by Gasteiger charge is -2.27. The number of aliphatic hydroxyl groups excluding tert-OH is 1. The van der Waals surface area contributed by atoms with Gasteiger partial charge in [-0.1, -0.05) is 13.8 Å². The molecule has 1 heterocycles. The first-order chi connectivity index (χ1) is 13.9. The van der Waals surface area contributed by atoms with Crippen molar-refractivity contribution in [1.29, 1.82) is 0 Å². The van der Waals surface area contributed by atoms with Gasteiger partial charge in [-0.05, 0) is 19.8 Å². The number of carboxylic acids is 1. The van der Waals surface area contributed by atoms with Crippen LogP contribution in [0.3, 0.4) is 0 Å². The molecule has 8 N–H and O–H groups in total. The fourth-order valence-corrected chi connectivity index (χ4v) is 2.55. The average Bonchev–Trinajstić information content (AvgIpc) is 3.15. The molecule has 0 saturated heterocycles. The maximum absolute atomic E-state index is 12.7. The summed E-state index contributed by atoms with van der Waals surface area (Å²) in [5.41, 5.74) is 6.00. The van der Waals surface area contributed by atoms with Gasteiger partial charge < -0.3 is 36.9 Å². The molecule has 0 bridgehead atoms. The zero-order valence-corrected chi connectivity index (χ0v) is 17.4. The number of H-pyrrole nitrogens is 1. The van der Waals surface area contributed by atoms with Gasteiger partial charge in [0.2, 0.25) is 17.7 Å². The predicted molar refractivity (Wildman–Crippen MR) is 106 cm³/mol. The maximum Gasteiger partial charge on any atom is 0.326 e. The second-order valence-corrected chi connectivity index (χ2v) is 7.43. The zero-order valence-electron chi connectivity index (χ0n) is 17.4. The predicted octanol–water partition coefficient (Wildman–Crippen LogP) is -2.12. The van der Waals surface area contributed by atoms with Gasteiger partial charge in [0.25, 0.3) is 0 Å². The van der Waals surface area contributed by atoms with Crippen molar-refractivity contribution >= 4 is 23.7 Å². The summed E-state index contributed by atoms with van der Waals surface area (Å²) in [6.45, 7) is 6.12. The minimum absolute atomic E-state index is 0.0688. The molecule has 1 aromatic heterocycles. The molecule has 0 aromatic carbocycles. The average molecular weight is 426 g/mol. The summed E-state index contributed by atoms with van der Waals surface area (Å²) in [7, 11) is 0. The molecule has 12 nitrogen and oxygen atoms in total. The van der Waals surface area contributed by atoms with Crippen molar-refractivity contribution in [3.63, 3.8) is 0 Å². The number of imidazole rings is 1. The monoisotopic (exact) mass is 426 g/mol. The van der Waals surface area contributed by atoms with E-state index in [1.165, 1.54) is 26.4 Å². The summed E-state index contributed by atoms with van der Waals surface area (Å²) < 4.78 is 0. The normalized spacial score (nSPS) is 16.1. The highest BCUT2D eigenvalue weighted by molar-refractivity contribution is 5.94. The first-order valence-corrected chi connectivity index (χ1v) is 9.48. The Hall–Kier alpha value is -2.99. The van der Waals surface area contributed by atoms with Gasteiger partial charge in [-0.3, -0.25) is 14.4 Å². The van der Waals surface area contributed by atoms with Gasteiger partial charge in [-0.2, -0.15) is 0 Å². The van der Waals surface area contributed by atoms with Crippen molar-refractivity contribution in [2.75, 3.05) is 0 Å². The quantitative estimate of drug-likeness (QED) is 0.208. The lowest BCUT2D eigenvalue weighted by Crippen LogP contribution is -2.60. The number of rotatable bonds is 11. The molecule has 168 valence electrons. The Labute approximate surface area is 174 Å². The molecule has 1 rings (SSSR count). The van der Waals surface area contributed by atoms with Gasteiger partial charge in [0.15, 0.2) is 0 Å². The number of hydrogen-bond acceptors (Lipinski definition) is 7. The van der Waals surface area contributed by atoms with Crippen molar-refractivity contribution in [3.05, 3.63) is 18.2 Å². The van der Waals surface area contributed by atoms with Gasteiger partial charge >= 0.3 is 5.97 Å². The van der Waals surface area contributed by atoms with Crippen LogP contribution in [-0.4, -0.2) is 74.1 Å². The summed E-state index contributed by atoms with van der Waals surface area (Å²) in [6.07, 6.45) is 1.40. The Balaban J connectivity index is 2.90. The van der Waals surface area contributed by atoms with E-state index in [-0.39, 0.29) is 12.3 Å². The highest BCUT2D eigenvalue weighted by Gasteiger charge is 2.33. The number of nitrogens with one attached hydrogen (secondary N) is 4. The van der Waals surface area contributed by atoms with E-state index in [4.69, 9.17) is 5.73 Å². The van der Waals surface area contributed by atoms with Gasteiger partial charge in [0, 0.05) is 18.3 Å². The molecule has 1 aromatic rings. The van der Waals surface area contributed by atoms with Crippen LogP contribution in [0.25, 0.3) is 0 Å². The van der Waals surface area contributed by atoms with Crippen molar-refractivity contribution in [2.24, 2.45) is 11.7 Å². The largest absolute Gasteiger partial charge is 0.480 e. The lowest BCUT2D eigenvalue weighted by atomic mass is 10.0. The van der Waals surface area contributed by atoms with E-state index in [2.05, 4.69) is 25.9 Å². The van der Waals surface area contributed by atoms with Gasteiger partial charge in [0.1, 0.15) is 18.1 Å². The fourth-order valence-electron chi connectivity index (χ4n) is 2.55. The third-order valence-corrected chi connectivity index (χ3v) is 4.32. The van der Waals surface area contributed by atoms with Crippen molar-refractivity contribution in [3.8, 4) is 0 Å². The molecule has 0 aliphatic rings. The maximum atomic E-state index is 12.7. The fraction of sp³-hybridized carbons (Fsp3) is 0.611. The number of aliphatic carboxylic acids is 1. The second kappa shape index (κ2) is 11.3. The van der Waals surface area contributed by atoms with Crippen LogP contribution in [0.2, 0.25) is 0 Å². The summed E-state index contributed by atoms with van der Waals surface area (Å²) >= 11 is 0. The molecule has 5 atom stereocenters. The second-order valence-electron chi connectivity index (χ2n) is 7.43. The van der Waals surface area contributed by atoms with Crippen LogP contribution in [0, 0.1) is 5.92 Å². The van der Waals surface area contributed by atoms with Crippen molar-refractivity contribution in [2.45, 2.75) is 64.4 Å². The molecule has 0 fully saturated rings. The number of carbonyl (C=O) groups excluding carboxylic acids is 3. The summed E-state index contributed by atoms with van der Waals surface area (Å²) in [5, 5.41) is 26.5. The molecule has 5 unspecified atom stereocenters. The molecule has 0 aliphatic carbocycles. The molecule has 0 saturated carbocycles. The van der Waals surface area contributed by atoms with Crippen LogP contribution < -0.4 is 21.7 Å². The molecule has 0 radical (unpaired) electrons. The topological polar surface area (TPSA) is 200 Å². The Kier molecular flexibility index (Phi) is 9.40. The van der Waals surface area contributed by atoms with E-state index in [1.54, 1.807) is 13.8 Å². The minimum atomic E-state index is -1.44. The highest BCUT2D eigenvalue weighted by Crippen LogP contribution is 2.06. The van der Waals surface area contributed by atoms with Gasteiger partial charge in [-0.25, -0.2) is 9.78 Å². The van der Waals surface area contributed by atoms with E-state index in [1.807, 2.05) is 0 Å². The van der Waals surface area contributed by atoms with Crippen LogP contribution in [0.4, 0.5) is 0 Å². The summed E-state index contributed by atoms with van der Waals surface area (Å²) in [6, 6.07) is -4.59. The first kappa shape index (κ1) is 25.0. The Morgan fingerprint density at radius 2 is 1.60 bits per heavy atom. The van der Waals surface area contributed by atoms with Crippen molar-refractivity contribution < 1.29 is 29.4 Å². The number of aromatic nitrogens is 2. The summed E-state index contributed by atoms with van der Waals surface area (Å²) in [5.74, 6) is -3.77. The standard InChI is InChI=1S/C18H30N6O6/c1-8(2)13(23-15(26)9(3)19)16(27)24-14(10(4)25)17(28)22-12(18(29)30)5-11-6-20-7-21-11/h6-10,12-14,25H,5,19H2,1-4H3,(H,20,21)(H,22,28)(H,23,26)(H,24,27)(H,29,30). The van der Waals surface area contributed by atoms with E-state index < -0.39 is 54.0 Å². The Morgan fingerprint density at radius 3 is 2.03 bits per heavy atom. The van der Waals surface area contributed by atoms with Crippen LogP contribution in [0.15, 0.2) is 12.5 Å². The third-order valence-electron chi connectivity index (χ3n) is 4.32. The number of carbonyl (C=O) groups is 4. The van der Waals surface area contributed by atoms with E-state index >= 15 is 0 Å². The number of aliphatic hydroxyl groups is 1. The molecule has 30 heavy (non-hydrogen) atoms. The number of carboxylic acid groups (broad SMARTS) is 1. The molecule has 3 amide bonds. The number of amides is 3. The first-order valence-electron chi connectivity index (χ1n) is 9.48. The zero-order chi connectivity index (χ0) is 23.0. The molecule has 0 aliphatic heterocycles. The number of nitrogens with zero attached hydrogens (tertiary/aromatic N) is 1. The molecule has 0 spiro atoms. The lowest BCUT2D eigenvalue weighted by molar-refractivity contribution is -0.143. The number of nitrogens with two attached hydrogens (primary N) is 1. The molecular formula is C18H30N6O6. The van der Waals surface area contributed by atoms with Crippen LogP contribution in [0.5, 0.6) is 0 Å². The molecular weight excluding hydrogens is 396 g/mol. The van der Waals surface area contributed by atoms with Crippen molar-refractivity contribution in [1.82, 2.24) is 25.9 Å². The minimum Gasteiger partial charge on any atom is -0.480 e.